The number of halogens is 1. The zero-order valence-corrected chi connectivity index (χ0v) is 8.76. The van der Waals surface area contributed by atoms with E-state index in [9.17, 15) is 4.79 Å². The quantitative estimate of drug-likeness (QED) is 0.540. The largest absolute Gasteiger partial charge is 0.461 e. The first kappa shape index (κ1) is 8.54. The van der Waals surface area contributed by atoms with Crippen LogP contribution in [-0.2, 0) is 9.53 Å². The van der Waals surface area contributed by atoms with Crippen LogP contribution in [0.2, 0.25) is 0 Å². The normalized spacial score (nSPS) is 45.0. The van der Waals surface area contributed by atoms with Gasteiger partial charge >= 0.3 is 5.97 Å². The molecule has 68 valence electrons. The van der Waals surface area contributed by atoms with Gasteiger partial charge in [0.1, 0.15) is 6.10 Å². The second-order valence-electron chi connectivity index (χ2n) is 3.90. The summed E-state index contributed by atoms with van der Waals surface area (Å²) in [5.74, 6) is 0.0463. The molecule has 0 N–H and O–H groups in total. The number of hydrogen-bond donors (Lipinski definition) is 0. The third kappa shape index (κ3) is 1.02. The van der Waals surface area contributed by atoms with Crippen molar-refractivity contribution < 1.29 is 9.53 Å². The Morgan fingerprint density at radius 3 is 2.92 bits per heavy atom. The van der Waals surface area contributed by atoms with Gasteiger partial charge in [0.2, 0.25) is 0 Å². The second kappa shape index (κ2) is 2.72. The van der Waals surface area contributed by atoms with E-state index < -0.39 is 0 Å². The molecule has 1 heterocycles. The van der Waals surface area contributed by atoms with Crippen LogP contribution in [0.4, 0.5) is 0 Å². The van der Waals surface area contributed by atoms with Crippen LogP contribution in [0.5, 0.6) is 0 Å². The lowest BCUT2D eigenvalue weighted by Crippen LogP contribution is -2.31. The second-order valence-corrected chi connectivity index (χ2v) is 5.07. The highest BCUT2D eigenvalue weighted by atomic mass is 79.9. The molecule has 1 aliphatic heterocycles. The van der Waals surface area contributed by atoms with E-state index >= 15 is 0 Å². The van der Waals surface area contributed by atoms with Gasteiger partial charge in [-0.2, -0.15) is 0 Å². The first-order chi connectivity index (χ1) is 5.68. The molecule has 1 saturated heterocycles. The molecule has 0 radical (unpaired) electrons. The molecule has 12 heavy (non-hydrogen) atoms. The van der Waals surface area contributed by atoms with Gasteiger partial charge in [0.25, 0.3) is 0 Å². The Kier molecular flexibility index (Phi) is 1.94. The van der Waals surface area contributed by atoms with Gasteiger partial charge in [-0.3, -0.25) is 4.79 Å². The van der Waals surface area contributed by atoms with Crippen LogP contribution in [0.3, 0.4) is 0 Å². The van der Waals surface area contributed by atoms with E-state index in [2.05, 4.69) is 22.9 Å². The lowest BCUT2D eigenvalue weighted by atomic mass is 9.83. The monoisotopic (exact) mass is 232 g/mol. The maximum atomic E-state index is 11.5. The molecule has 0 aromatic heterocycles. The highest BCUT2D eigenvalue weighted by Gasteiger charge is 2.57. The van der Waals surface area contributed by atoms with E-state index in [0.29, 0.717) is 4.83 Å². The molecule has 2 fully saturated rings. The molecule has 1 aliphatic carbocycles. The van der Waals surface area contributed by atoms with Crippen molar-refractivity contribution in [1.82, 2.24) is 0 Å². The van der Waals surface area contributed by atoms with Crippen LogP contribution in [0.25, 0.3) is 0 Å². The first-order valence-electron chi connectivity index (χ1n) is 4.53. The Morgan fingerprint density at radius 2 is 2.42 bits per heavy atom. The maximum Gasteiger partial charge on any atom is 0.312 e. The van der Waals surface area contributed by atoms with Crippen LogP contribution < -0.4 is 0 Å². The average molecular weight is 233 g/mol. The van der Waals surface area contributed by atoms with Gasteiger partial charge in [-0.1, -0.05) is 29.3 Å². The number of alkyl halides is 1. The van der Waals surface area contributed by atoms with Crippen molar-refractivity contribution in [2.24, 2.45) is 5.41 Å². The van der Waals surface area contributed by atoms with Gasteiger partial charge in [-0.25, -0.2) is 0 Å². The fourth-order valence-electron chi connectivity index (χ4n) is 2.43. The summed E-state index contributed by atoms with van der Waals surface area (Å²) in [4.78, 5) is 11.9. The summed E-state index contributed by atoms with van der Waals surface area (Å²) in [6.07, 6.45) is 4.13. The number of hydrogen-bond acceptors (Lipinski definition) is 2. The molecule has 0 amide bonds. The molecule has 0 aromatic rings. The molecule has 2 aliphatic rings. The van der Waals surface area contributed by atoms with Crippen LogP contribution >= 0.6 is 15.9 Å². The Morgan fingerprint density at radius 1 is 1.67 bits per heavy atom. The fourth-order valence-corrected chi connectivity index (χ4v) is 3.34. The van der Waals surface area contributed by atoms with Gasteiger partial charge in [0.15, 0.2) is 0 Å². The van der Waals surface area contributed by atoms with Crippen LogP contribution in [0.15, 0.2) is 0 Å². The zero-order valence-electron chi connectivity index (χ0n) is 7.18. The molecular weight excluding hydrogens is 220 g/mol. The summed E-state index contributed by atoms with van der Waals surface area (Å²) in [7, 11) is 0. The molecule has 0 spiro atoms. The Balaban J connectivity index is 2.18. The van der Waals surface area contributed by atoms with Crippen molar-refractivity contribution in [3.63, 3.8) is 0 Å². The van der Waals surface area contributed by atoms with Crippen LogP contribution in [0.1, 0.15) is 32.6 Å². The van der Waals surface area contributed by atoms with Gasteiger partial charge in [-0.15, -0.1) is 0 Å². The lowest BCUT2D eigenvalue weighted by Gasteiger charge is -2.24. The minimum absolute atomic E-state index is 0.0463. The van der Waals surface area contributed by atoms with Crippen molar-refractivity contribution in [2.75, 3.05) is 0 Å². The van der Waals surface area contributed by atoms with E-state index in [-0.39, 0.29) is 17.5 Å². The fraction of sp³-hybridized carbons (Fsp3) is 0.889. The third-order valence-electron chi connectivity index (χ3n) is 3.00. The smallest absolute Gasteiger partial charge is 0.312 e. The number of ether oxygens (including phenoxy) is 1. The van der Waals surface area contributed by atoms with Crippen LogP contribution in [0, 0.1) is 5.41 Å². The van der Waals surface area contributed by atoms with E-state index in [1.807, 2.05) is 0 Å². The summed E-state index contributed by atoms with van der Waals surface area (Å²) in [6.45, 7) is 2.12. The number of esters is 1. The Hall–Kier alpha value is -0.0500. The summed E-state index contributed by atoms with van der Waals surface area (Å²) in [5, 5.41) is 0. The zero-order chi connectivity index (χ0) is 8.77. The van der Waals surface area contributed by atoms with Crippen molar-refractivity contribution in [3.8, 4) is 0 Å². The predicted octanol–water partition coefficient (Wildman–Crippen LogP) is 2.26. The maximum absolute atomic E-state index is 11.5. The third-order valence-corrected chi connectivity index (χ3v) is 3.91. The molecular formula is C9H13BrO2. The van der Waals surface area contributed by atoms with Gasteiger partial charge in [0, 0.05) is 6.42 Å². The van der Waals surface area contributed by atoms with E-state index in [1.54, 1.807) is 0 Å². The summed E-state index contributed by atoms with van der Waals surface area (Å²) in [6, 6.07) is 0. The SMILES string of the molecule is CCCC12CC(Br)C(C1)OC2=O. The lowest BCUT2D eigenvalue weighted by molar-refractivity contribution is -0.153. The molecule has 1 saturated carbocycles. The molecule has 3 heteroatoms. The molecule has 2 rings (SSSR count). The van der Waals surface area contributed by atoms with E-state index in [4.69, 9.17) is 4.74 Å². The highest BCUT2D eigenvalue weighted by molar-refractivity contribution is 9.09. The Bertz CT molecular complexity index is 213. The number of carbonyl (C=O) groups excluding carboxylic acids is 1. The molecule has 0 aromatic carbocycles. The summed E-state index contributed by atoms with van der Waals surface area (Å²) >= 11 is 3.55. The average Bonchev–Trinajstić information content (AvgIpc) is 2.43. The van der Waals surface area contributed by atoms with Crippen molar-refractivity contribution in [1.29, 1.82) is 0 Å². The molecule has 3 atom stereocenters. The van der Waals surface area contributed by atoms with Crippen molar-refractivity contribution in [2.45, 2.75) is 43.5 Å². The number of rotatable bonds is 2. The highest BCUT2D eigenvalue weighted by Crippen LogP contribution is 2.52. The summed E-state index contributed by atoms with van der Waals surface area (Å²) < 4.78 is 5.24. The van der Waals surface area contributed by atoms with Crippen molar-refractivity contribution in [3.05, 3.63) is 0 Å². The van der Waals surface area contributed by atoms with Gasteiger partial charge in [-0.05, 0) is 12.8 Å². The van der Waals surface area contributed by atoms with Crippen LogP contribution in [-0.4, -0.2) is 16.9 Å². The first-order valence-corrected chi connectivity index (χ1v) is 5.45. The van der Waals surface area contributed by atoms with Gasteiger partial charge in [0.05, 0.1) is 10.2 Å². The summed E-state index contributed by atoms with van der Waals surface area (Å²) in [5.41, 5.74) is -0.117. The minimum atomic E-state index is -0.117. The molecule has 2 nitrogen and oxygen atoms in total. The van der Waals surface area contributed by atoms with Crippen molar-refractivity contribution >= 4 is 21.9 Å². The van der Waals surface area contributed by atoms with Gasteiger partial charge < -0.3 is 4.74 Å². The molecule has 2 bridgehead atoms. The number of fused-ring (bicyclic) bond motifs is 2. The predicted molar refractivity (Wildman–Crippen MR) is 49.2 cm³/mol. The molecule has 3 unspecified atom stereocenters. The topological polar surface area (TPSA) is 26.3 Å². The number of carbonyl (C=O) groups is 1. The minimum Gasteiger partial charge on any atom is -0.461 e. The standard InChI is InChI=1S/C9H13BrO2/c1-2-3-9-4-6(10)7(5-9)12-8(9)11/h6-7H,2-5H2,1H3. The van der Waals surface area contributed by atoms with E-state index in [0.717, 1.165) is 25.7 Å². The Labute approximate surface area is 80.8 Å². The van der Waals surface area contributed by atoms with E-state index in [1.165, 1.54) is 0 Å².